The van der Waals surface area contributed by atoms with Gasteiger partial charge in [-0.25, -0.2) is 9.37 Å². The van der Waals surface area contributed by atoms with Crippen molar-refractivity contribution in [1.29, 1.82) is 0 Å². The van der Waals surface area contributed by atoms with E-state index in [9.17, 15) is 14.0 Å². The van der Waals surface area contributed by atoms with Crippen LogP contribution in [0.3, 0.4) is 0 Å². The van der Waals surface area contributed by atoms with E-state index < -0.39 is 11.7 Å². The molecule has 0 saturated heterocycles. The zero-order valence-corrected chi connectivity index (χ0v) is 21.2. The lowest BCUT2D eigenvalue weighted by atomic mass is 10.2. The van der Waals surface area contributed by atoms with Crippen LogP contribution in [0.2, 0.25) is 0 Å². The number of rotatable bonds is 9. The van der Waals surface area contributed by atoms with Gasteiger partial charge in [0.25, 0.3) is 11.5 Å². The summed E-state index contributed by atoms with van der Waals surface area (Å²) < 4.78 is 21.6. The molecule has 4 aromatic rings. The van der Waals surface area contributed by atoms with Crippen LogP contribution in [0.25, 0.3) is 10.9 Å². The van der Waals surface area contributed by atoms with Crippen LogP contribution in [-0.4, -0.2) is 28.4 Å². The molecule has 0 saturated carbocycles. The topological polar surface area (TPSA) is 85.6 Å². The number of halogens is 2. The first-order chi connectivity index (χ1) is 17.5. The van der Waals surface area contributed by atoms with E-state index in [2.05, 4.69) is 38.3 Å². The summed E-state index contributed by atoms with van der Waals surface area (Å²) in [5.41, 5.74) is 0.992. The van der Waals surface area contributed by atoms with Crippen LogP contribution in [0.4, 0.5) is 10.1 Å². The van der Waals surface area contributed by atoms with Gasteiger partial charge < -0.3 is 10.1 Å². The summed E-state index contributed by atoms with van der Waals surface area (Å²) in [5, 5.41) is 7.39. The molecule has 0 aliphatic carbocycles. The largest absolute Gasteiger partial charge is 0.483 e. The maximum Gasteiger partial charge on any atom is 0.282 e. The zero-order valence-electron chi connectivity index (χ0n) is 19.6. The highest BCUT2D eigenvalue weighted by atomic mass is 79.9. The van der Waals surface area contributed by atoms with E-state index in [-0.39, 0.29) is 17.9 Å². The minimum atomic E-state index is -0.529. The van der Waals surface area contributed by atoms with Crippen molar-refractivity contribution in [2.45, 2.75) is 26.2 Å². The van der Waals surface area contributed by atoms with Crippen LogP contribution >= 0.6 is 15.9 Å². The van der Waals surface area contributed by atoms with E-state index in [1.54, 1.807) is 48.5 Å². The molecular weight excluding hydrogens is 527 g/mol. The van der Waals surface area contributed by atoms with Crippen LogP contribution in [-0.2, 0) is 11.2 Å². The van der Waals surface area contributed by atoms with Gasteiger partial charge in [0.15, 0.2) is 6.61 Å². The number of hydrogen-bond donors (Lipinski definition) is 1. The predicted molar refractivity (Wildman–Crippen MR) is 142 cm³/mol. The van der Waals surface area contributed by atoms with Crippen molar-refractivity contribution in [2.24, 2.45) is 5.10 Å². The van der Waals surface area contributed by atoms with Gasteiger partial charge in [-0.15, -0.1) is 0 Å². The average Bonchev–Trinajstić information content (AvgIpc) is 2.88. The van der Waals surface area contributed by atoms with E-state index in [1.807, 2.05) is 6.07 Å². The molecule has 0 bridgehead atoms. The fourth-order valence-electron chi connectivity index (χ4n) is 3.54. The number of amides is 1. The average molecular weight is 551 g/mol. The Morgan fingerprint density at radius 3 is 2.75 bits per heavy atom. The summed E-state index contributed by atoms with van der Waals surface area (Å²) >= 11 is 3.41. The first kappa shape index (κ1) is 25.2. The van der Waals surface area contributed by atoms with Crippen molar-refractivity contribution < 1.29 is 13.9 Å². The van der Waals surface area contributed by atoms with E-state index in [0.717, 1.165) is 17.3 Å². The van der Waals surface area contributed by atoms with Crippen molar-refractivity contribution in [1.82, 2.24) is 9.66 Å². The first-order valence-electron chi connectivity index (χ1n) is 11.5. The third-order valence-corrected chi connectivity index (χ3v) is 5.86. The third-order valence-electron chi connectivity index (χ3n) is 5.37. The molecule has 0 aliphatic rings. The molecule has 1 aromatic heterocycles. The molecule has 0 aliphatic heterocycles. The van der Waals surface area contributed by atoms with Gasteiger partial charge in [0.05, 0.1) is 22.8 Å². The smallest absolute Gasteiger partial charge is 0.282 e. The standard InChI is InChI=1S/C27H24BrFN4O3/c1-2-3-12-25-31-22-14-13-19(28)15-20(22)27(35)33(25)30-16-18-8-4-7-11-24(18)36-17-26(34)32-23-10-6-5-9-21(23)29/h4-11,13-16H,2-3,12,17H2,1H3,(H,32,34). The Morgan fingerprint density at radius 2 is 1.94 bits per heavy atom. The minimum Gasteiger partial charge on any atom is -0.483 e. The minimum absolute atomic E-state index is 0.0790. The van der Waals surface area contributed by atoms with Crippen LogP contribution in [0, 0.1) is 5.82 Å². The van der Waals surface area contributed by atoms with Gasteiger partial charge in [-0.2, -0.15) is 9.78 Å². The van der Waals surface area contributed by atoms with Gasteiger partial charge in [0.1, 0.15) is 17.4 Å². The summed E-state index contributed by atoms with van der Waals surface area (Å²) in [5.74, 6) is -0.0758. The van der Waals surface area contributed by atoms with Gasteiger partial charge in [-0.3, -0.25) is 9.59 Å². The Hall–Kier alpha value is -3.85. The number of unbranched alkanes of at least 4 members (excludes halogenated alkanes) is 1. The quantitative estimate of drug-likeness (QED) is 0.277. The highest BCUT2D eigenvalue weighted by Crippen LogP contribution is 2.19. The van der Waals surface area contributed by atoms with Crippen molar-refractivity contribution in [3.63, 3.8) is 0 Å². The molecule has 0 atom stereocenters. The molecule has 0 unspecified atom stereocenters. The maximum absolute atomic E-state index is 13.8. The Bertz CT molecular complexity index is 1490. The molecule has 1 heterocycles. The fraction of sp³-hybridized carbons (Fsp3) is 0.185. The van der Waals surface area contributed by atoms with Crippen LogP contribution < -0.4 is 15.6 Å². The Kier molecular flexibility index (Phi) is 8.22. The van der Waals surface area contributed by atoms with Crippen molar-refractivity contribution >= 4 is 44.6 Å². The molecule has 4 rings (SSSR count). The van der Waals surface area contributed by atoms with Gasteiger partial charge in [-0.05, 0) is 48.9 Å². The molecular formula is C27H24BrFN4O3. The van der Waals surface area contributed by atoms with E-state index in [1.165, 1.54) is 23.0 Å². The van der Waals surface area contributed by atoms with Gasteiger partial charge in [0.2, 0.25) is 0 Å². The van der Waals surface area contributed by atoms with E-state index >= 15 is 0 Å². The number of hydrogen-bond acceptors (Lipinski definition) is 5. The van der Waals surface area contributed by atoms with Crippen LogP contribution in [0.5, 0.6) is 5.75 Å². The number of aryl methyl sites for hydroxylation is 1. The molecule has 9 heteroatoms. The lowest BCUT2D eigenvalue weighted by Gasteiger charge is -2.11. The number of fused-ring (bicyclic) bond motifs is 1. The number of nitrogens with zero attached hydrogens (tertiary/aromatic N) is 3. The van der Waals surface area contributed by atoms with Crippen molar-refractivity contribution in [2.75, 3.05) is 11.9 Å². The number of carbonyl (C=O) groups excluding carboxylic acids is 1. The number of benzene rings is 3. The molecule has 3 aromatic carbocycles. The fourth-order valence-corrected chi connectivity index (χ4v) is 3.90. The highest BCUT2D eigenvalue weighted by molar-refractivity contribution is 9.10. The SMILES string of the molecule is CCCCc1nc2ccc(Br)cc2c(=O)n1N=Cc1ccccc1OCC(=O)Nc1ccccc1F. The number of carbonyl (C=O) groups is 1. The Morgan fingerprint density at radius 1 is 1.17 bits per heavy atom. The normalized spacial score (nSPS) is 11.2. The Balaban J connectivity index is 1.58. The van der Waals surface area contributed by atoms with Gasteiger partial charge >= 0.3 is 0 Å². The molecule has 36 heavy (non-hydrogen) atoms. The molecule has 7 nitrogen and oxygen atoms in total. The van der Waals surface area contributed by atoms with Crippen LogP contribution in [0.1, 0.15) is 31.2 Å². The monoisotopic (exact) mass is 550 g/mol. The summed E-state index contributed by atoms with van der Waals surface area (Å²) in [4.78, 5) is 30.2. The lowest BCUT2D eigenvalue weighted by molar-refractivity contribution is -0.118. The number of para-hydroxylation sites is 2. The predicted octanol–water partition coefficient (Wildman–Crippen LogP) is 5.54. The number of nitrogens with one attached hydrogen (secondary N) is 1. The second kappa shape index (κ2) is 11.7. The summed E-state index contributed by atoms with van der Waals surface area (Å²) in [6, 6.07) is 18.3. The summed E-state index contributed by atoms with van der Waals surface area (Å²) in [6.07, 6.45) is 3.92. The maximum atomic E-state index is 13.8. The summed E-state index contributed by atoms with van der Waals surface area (Å²) in [7, 11) is 0. The molecule has 184 valence electrons. The number of ether oxygens (including phenoxy) is 1. The van der Waals surface area contributed by atoms with Crippen molar-refractivity contribution in [3.05, 3.63) is 98.8 Å². The van der Waals surface area contributed by atoms with Gasteiger partial charge in [0, 0.05) is 16.5 Å². The molecule has 0 radical (unpaired) electrons. The second-order valence-electron chi connectivity index (χ2n) is 8.01. The molecule has 0 fully saturated rings. The van der Waals surface area contributed by atoms with Gasteiger partial charge in [-0.1, -0.05) is 53.5 Å². The molecule has 1 N–H and O–H groups in total. The first-order valence-corrected chi connectivity index (χ1v) is 12.3. The zero-order chi connectivity index (χ0) is 25.5. The van der Waals surface area contributed by atoms with Crippen LogP contribution in [0.15, 0.2) is 81.1 Å². The molecule has 1 amide bonds. The summed E-state index contributed by atoms with van der Waals surface area (Å²) in [6.45, 7) is 1.74. The number of aromatic nitrogens is 2. The third kappa shape index (κ3) is 6.04. The van der Waals surface area contributed by atoms with Crippen molar-refractivity contribution in [3.8, 4) is 5.75 Å². The highest BCUT2D eigenvalue weighted by Gasteiger charge is 2.12. The second-order valence-corrected chi connectivity index (χ2v) is 8.92. The Labute approximate surface area is 215 Å². The van der Waals surface area contributed by atoms with E-state index in [0.29, 0.717) is 34.5 Å². The lowest BCUT2D eigenvalue weighted by Crippen LogP contribution is -2.23. The molecule has 0 spiro atoms. The number of anilines is 1. The van der Waals surface area contributed by atoms with E-state index in [4.69, 9.17) is 4.74 Å².